The van der Waals surface area contributed by atoms with E-state index in [0.29, 0.717) is 18.9 Å². The third-order valence-corrected chi connectivity index (χ3v) is 6.11. The second kappa shape index (κ2) is 6.75. The molecular weight excluding hydrogens is 358 g/mol. The lowest BCUT2D eigenvalue weighted by Crippen LogP contribution is -2.22. The fraction of sp³-hybridized carbons (Fsp3) is 0.409. The Morgan fingerprint density at radius 2 is 1.81 bits per heavy atom. The van der Waals surface area contributed by atoms with E-state index in [1.165, 1.54) is 31.2 Å². The van der Waals surface area contributed by atoms with Crippen molar-refractivity contribution in [3.8, 4) is 11.1 Å². The number of benzene rings is 2. The standard InChI is InChI=1S/C22H24ClN3O/c23-21-18(9-10-19-22(21)25-26(19)13-16-3-4-16)17-7-5-15(6-8-17)12-24-20(27)11-14-1-2-14/h5-10,14,16,25H,1-4,11-13H2,(H,24,27). The number of H-pyrrole nitrogens is 1. The molecule has 2 saturated carbocycles. The topological polar surface area (TPSA) is 49.8 Å². The zero-order chi connectivity index (χ0) is 18.4. The minimum Gasteiger partial charge on any atom is -0.352 e. The predicted molar refractivity (Wildman–Crippen MR) is 109 cm³/mol. The summed E-state index contributed by atoms with van der Waals surface area (Å²) < 4.78 is 2.20. The molecule has 2 aliphatic carbocycles. The summed E-state index contributed by atoms with van der Waals surface area (Å²) in [7, 11) is 0. The molecule has 2 N–H and O–H groups in total. The zero-order valence-electron chi connectivity index (χ0n) is 15.3. The number of hydrogen-bond donors (Lipinski definition) is 2. The van der Waals surface area contributed by atoms with E-state index in [2.05, 4.69) is 51.5 Å². The van der Waals surface area contributed by atoms with Gasteiger partial charge in [0.25, 0.3) is 0 Å². The number of aromatic amines is 1. The molecule has 0 radical (unpaired) electrons. The summed E-state index contributed by atoms with van der Waals surface area (Å²) in [6.45, 7) is 1.66. The molecule has 1 amide bonds. The number of aromatic nitrogens is 2. The number of carbonyl (C=O) groups excluding carboxylic acids is 1. The van der Waals surface area contributed by atoms with Gasteiger partial charge in [0, 0.05) is 25.1 Å². The molecule has 0 atom stereocenters. The predicted octanol–water partition coefficient (Wildman–Crippen LogP) is 5.12. The summed E-state index contributed by atoms with van der Waals surface area (Å²) in [4.78, 5) is 11.8. The Morgan fingerprint density at radius 3 is 2.52 bits per heavy atom. The monoisotopic (exact) mass is 381 g/mol. The summed E-state index contributed by atoms with van der Waals surface area (Å²) >= 11 is 6.65. The Balaban J connectivity index is 1.27. The molecule has 3 aromatic rings. The van der Waals surface area contributed by atoms with Gasteiger partial charge in [0.1, 0.15) is 0 Å². The summed E-state index contributed by atoms with van der Waals surface area (Å²) in [6.07, 6.45) is 5.76. The van der Waals surface area contributed by atoms with Crippen LogP contribution in [0.3, 0.4) is 0 Å². The van der Waals surface area contributed by atoms with Gasteiger partial charge in [-0.05, 0) is 54.7 Å². The van der Waals surface area contributed by atoms with E-state index in [1.54, 1.807) is 0 Å². The molecule has 140 valence electrons. The average molecular weight is 382 g/mol. The van der Waals surface area contributed by atoms with Crippen molar-refractivity contribution in [1.82, 2.24) is 15.1 Å². The molecule has 2 aliphatic rings. The van der Waals surface area contributed by atoms with Gasteiger partial charge in [-0.1, -0.05) is 41.9 Å². The van der Waals surface area contributed by atoms with Crippen LogP contribution in [-0.4, -0.2) is 15.7 Å². The normalized spacial score (nSPS) is 16.8. The van der Waals surface area contributed by atoms with E-state index < -0.39 is 0 Å². The molecule has 5 rings (SSSR count). The van der Waals surface area contributed by atoms with Gasteiger partial charge < -0.3 is 5.32 Å². The maximum absolute atomic E-state index is 11.8. The van der Waals surface area contributed by atoms with E-state index in [9.17, 15) is 4.79 Å². The highest BCUT2D eigenvalue weighted by Crippen LogP contribution is 2.37. The molecule has 5 heteroatoms. The van der Waals surface area contributed by atoms with Crippen LogP contribution in [0.2, 0.25) is 5.02 Å². The Morgan fingerprint density at radius 1 is 1.07 bits per heavy atom. The van der Waals surface area contributed by atoms with Crippen LogP contribution in [0.4, 0.5) is 0 Å². The molecule has 1 heterocycles. The molecule has 1 aromatic heterocycles. The number of hydrogen-bond acceptors (Lipinski definition) is 1. The molecule has 27 heavy (non-hydrogen) atoms. The summed E-state index contributed by atoms with van der Waals surface area (Å²) in [6, 6.07) is 12.5. The fourth-order valence-electron chi connectivity index (χ4n) is 3.62. The van der Waals surface area contributed by atoms with Crippen molar-refractivity contribution < 1.29 is 4.79 Å². The summed E-state index contributed by atoms with van der Waals surface area (Å²) in [5.41, 5.74) is 5.48. The minimum atomic E-state index is 0.161. The Labute approximate surface area is 163 Å². The summed E-state index contributed by atoms with van der Waals surface area (Å²) in [5, 5.41) is 7.19. The SMILES string of the molecule is O=C(CC1CC1)NCc1ccc(-c2ccc3c([nH]n3CC3CC3)c2Cl)cc1. The fourth-order valence-corrected chi connectivity index (χ4v) is 3.94. The summed E-state index contributed by atoms with van der Waals surface area (Å²) in [5.74, 6) is 1.62. The molecule has 0 unspecified atom stereocenters. The van der Waals surface area contributed by atoms with E-state index in [-0.39, 0.29) is 5.91 Å². The third kappa shape index (κ3) is 3.63. The lowest BCUT2D eigenvalue weighted by molar-refractivity contribution is -0.121. The van der Waals surface area contributed by atoms with Gasteiger partial charge in [-0.3, -0.25) is 14.6 Å². The van der Waals surface area contributed by atoms with Crippen LogP contribution in [0.5, 0.6) is 0 Å². The van der Waals surface area contributed by atoms with Crippen molar-refractivity contribution in [3.63, 3.8) is 0 Å². The minimum absolute atomic E-state index is 0.161. The molecular formula is C22H24ClN3O. The molecule has 0 saturated heterocycles. The van der Waals surface area contributed by atoms with Crippen LogP contribution in [0.1, 0.15) is 37.7 Å². The van der Waals surface area contributed by atoms with Crippen molar-refractivity contribution in [2.75, 3.05) is 0 Å². The van der Waals surface area contributed by atoms with Crippen molar-refractivity contribution in [2.45, 2.75) is 45.2 Å². The number of halogens is 1. The molecule has 0 bridgehead atoms. The highest BCUT2D eigenvalue weighted by atomic mass is 35.5. The highest BCUT2D eigenvalue weighted by Gasteiger charge is 2.25. The smallest absolute Gasteiger partial charge is 0.220 e. The first-order chi connectivity index (χ1) is 13.2. The first-order valence-electron chi connectivity index (χ1n) is 9.90. The number of rotatable bonds is 7. The molecule has 2 aromatic carbocycles. The van der Waals surface area contributed by atoms with Crippen molar-refractivity contribution in [3.05, 3.63) is 47.0 Å². The van der Waals surface area contributed by atoms with Gasteiger partial charge in [-0.15, -0.1) is 0 Å². The van der Waals surface area contributed by atoms with Gasteiger partial charge in [0.15, 0.2) is 0 Å². The van der Waals surface area contributed by atoms with E-state index >= 15 is 0 Å². The number of amides is 1. The number of nitrogens with zero attached hydrogens (tertiary/aromatic N) is 1. The van der Waals surface area contributed by atoms with Gasteiger partial charge in [-0.2, -0.15) is 0 Å². The molecule has 0 spiro atoms. The first kappa shape index (κ1) is 16.9. The number of fused-ring (bicyclic) bond motifs is 1. The van der Waals surface area contributed by atoms with Crippen molar-refractivity contribution in [1.29, 1.82) is 0 Å². The van der Waals surface area contributed by atoms with Crippen LogP contribution < -0.4 is 5.32 Å². The second-order valence-electron chi connectivity index (χ2n) is 8.11. The van der Waals surface area contributed by atoms with E-state index in [1.807, 2.05) is 0 Å². The second-order valence-corrected chi connectivity index (χ2v) is 8.49. The highest BCUT2D eigenvalue weighted by molar-refractivity contribution is 6.37. The van der Waals surface area contributed by atoms with Crippen LogP contribution >= 0.6 is 11.6 Å². The lowest BCUT2D eigenvalue weighted by atomic mass is 10.0. The zero-order valence-corrected chi connectivity index (χ0v) is 16.1. The average Bonchev–Trinajstić information content (AvgIpc) is 3.56. The third-order valence-electron chi connectivity index (χ3n) is 5.72. The molecule has 0 aliphatic heterocycles. The van der Waals surface area contributed by atoms with Crippen LogP contribution in [0, 0.1) is 11.8 Å². The number of nitrogens with one attached hydrogen (secondary N) is 2. The van der Waals surface area contributed by atoms with Gasteiger partial charge in [-0.25, -0.2) is 0 Å². The van der Waals surface area contributed by atoms with Crippen molar-refractivity contribution in [2.24, 2.45) is 11.8 Å². The van der Waals surface area contributed by atoms with Crippen LogP contribution in [-0.2, 0) is 17.9 Å². The van der Waals surface area contributed by atoms with E-state index in [0.717, 1.165) is 39.7 Å². The molecule has 2 fully saturated rings. The lowest BCUT2D eigenvalue weighted by Gasteiger charge is -2.19. The number of carbonyl (C=O) groups is 1. The Hall–Kier alpha value is -2.20. The van der Waals surface area contributed by atoms with Crippen LogP contribution in [0.25, 0.3) is 22.2 Å². The van der Waals surface area contributed by atoms with Gasteiger partial charge in [0.05, 0.1) is 16.1 Å². The quantitative estimate of drug-likeness (QED) is 0.586. The van der Waals surface area contributed by atoms with Crippen LogP contribution in [0.15, 0.2) is 36.4 Å². The largest absolute Gasteiger partial charge is 0.352 e. The maximum Gasteiger partial charge on any atom is 0.220 e. The van der Waals surface area contributed by atoms with Crippen molar-refractivity contribution >= 4 is 28.5 Å². The Kier molecular flexibility index (Phi) is 4.24. The maximum atomic E-state index is 11.8. The van der Waals surface area contributed by atoms with Gasteiger partial charge >= 0.3 is 0 Å². The van der Waals surface area contributed by atoms with Gasteiger partial charge in [0.2, 0.25) is 5.91 Å². The molecule has 4 nitrogen and oxygen atoms in total. The van der Waals surface area contributed by atoms with E-state index in [4.69, 9.17) is 11.6 Å². The Bertz CT molecular complexity index is 977. The first-order valence-corrected chi connectivity index (χ1v) is 10.3.